The lowest BCUT2D eigenvalue weighted by atomic mass is 10.1. The Morgan fingerprint density at radius 3 is 2.93 bits per heavy atom. The van der Waals surface area contributed by atoms with Gasteiger partial charge in [0, 0.05) is 29.7 Å². The van der Waals surface area contributed by atoms with Gasteiger partial charge in [-0.1, -0.05) is 18.2 Å². The van der Waals surface area contributed by atoms with Gasteiger partial charge in [-0.15, -0.1) is 0 Å². The maximum absolute atomic E-state index is 13.9. The highest BCUT2D eigenvalue weighted by molar-refractivity contribution is 5.99. The first-order valence-electron chi connectivity index (χ1n) is 8.97. The number of anilines is 3. The van der Waals surface area contributed by atoms with Crippen LogP contribution in [-0.4, -0.2) is 25.4 Å². The zero-order chi connectivity index (χ0) is 19.8. The fourth-order valence-electron chi connectivity index (χ4n) is 3.35. The predicted octanol–water partition coefficient (Wildman–Crippen LogP) is 3.71. The van der Waals surface area contributed by atoms with E-state index >= 15 is 0 Å². The third-order valence-corrected chi connectivity index (χ3v) is 4.66. The van der Waals surface area contributed by atoms with Crippen LogP contribution < -0.4 is 10.6 Å². The van der Waals surface area contributed by atoms with Gasteiger partial charge < -0.3 is 15.2 Å². The SMILES string of the molecule is O=C1Cc2cnc(Nc3cc(F)ccc3-n3ccnc3)nc2-c2ccccc2N1. The number of halogens is 1. The summed E-state index contributed by atoms with van der Waals surface area (Å²) < 4.78 is 15.7. The van der Waals surface area contributed by atoms with Gasteiger partial charge >= 0.3 is 0 Å². The summed E-state index contributed by atoms with van der Waals surface area (Å²) in [5, 5.41) is 5.98. The number of carbonyl (C=O) groups is 1. The number of fused-ring (bicyclic) bond motifs is 3. The highest BCUT2D eigenvalue weighted by Crippen LogP contribution is 2.33. The van der Waals surface area contributed by atoms with Crippen molar-refractivity contribution in [2.24, 2.45) is 0 Å². The minimum Gasteiger partial charge on any atom is -0.325 e. The van der Waals surface area contributed by atoms with Crippen molar-refractivity contribution in [3.05, 3.63) is 78.8 Å². The molecule has 0 saturated heterocycles. The van der Waals surface area contributed by atoms with Crippen LogP contribution in [0.3, 0.4) is 0 Å². The van der Waals surface area contributed by atoms with Gasteiger partial charge in [0.2, 0.25) is 11.9 Å². The van der Waals surface area contributed by atoms with Crippen LogP contribution in [0, 0.1) is 5.82 Å². The molecule has 0 bridgehead atoms. The summed E-state index contributed by atoms with van der Waals surface area (Å²) in [5.74, 6) is -0.195. The first-order chi connectivity index (χ1) is 14.2. The van der Waals surface area contributed by atoms with E-state index in [9.17, 15) is 9.18 Å². The largest absolute Gasteiger partial charge is 0.325 e. The summed E-state index contributed by atoms with van der Waals surface area (Å²) >= 11 is 0. The van der Waals surface area contributed by atoms with Gasteiger partial charge in [0.15, 0.2) is 0 Å². The summed E-state index contributed by atoms with van der Waals surface area (Å²) in [6.45, 7) is 0. The zero-order valence-corrected chi connectivity index (χ0v) is 15.1. The van der Waals surface area contributed by atoms with Gasteiger partial charge in [0.25, 0.3) is 0 Å². The molecule has 5 rings (SSSR count). The maximum atomic E-state index is 13.9. The molecular formula is C21H15FN6O. The van der Waals surface area contributed by atoms with E-state index in [0.29, 0.717) is 28.7 Å². The second-order valence-electron chi connectivity index (χ2n) is 6.59. The molecule has 2 aromatic heterocycles. The lowest BCUT2D eigenvalue weighted by molar-refractivity contribution is -0.115. The molecule has 0 aliphatic carbocycles. The van der Waals surface area contributed by atoms with Crippen LogP contribution in [0.15, 0.2) is 67.4 Å². The average Bonchev–Trinajstić information content (AvgIpc) is 3.20. The molecule has 0 atom stereocenters. The molecule has 142 valence electrons. The Labute approximate surface area is 165 Å². The van der Waals surface area contributed by atoms with Gasteiger partial charge in [0.05, 0.1) is 35.5 Å². The number of nitrogens with zero attached hydrogens (tertiary/aromatic N) is 4. The Morgan fingerprint density at radius 1 is 1.17 bits per heavy atom. The topological polar surface area (TPSA) is 84.7 Å². The Balaban J connectivity index is 1.59. The van der Waals surface area contributed by atoms with Crippen LogP contribution in [0.2, 0.25) is 0 Å². The van der Waals surface area contributed by atoms with E-state index in [1.165, 1.54) is 12.1 Å². The molecule has 8 heteroatoms. The smallest absolute Gasteiger partial charge is 0.228 e. The molecule has 0 radical (unpaired) electrons. The van der Waals surface area contributed by atoms with Crippen LogP contribution in [-0.2, 0) is 11.2 Å². The first kappa shape index (κ1) is 17.1. The van der Waals surface area contributed by atoms with E-state index in [1.54, 1.807) is 35.6 Å². The number of para-hydroxylation sites is 1. The highest BCUT2D eigenvalue weighted by Gasteiger charge is 2.21. The Morgan fingerprint density at radius 2 is 2.07 bits per heavy atom. The number of nitrogens with one attached hydrogen (secondary N) is 2. The van der Waals surface area contributed by atoms with E-state index in [0.717, 1.165) is 11.1 Å². The van der Waals surface area contributed by atoms with Crippen molar-refractivity contribution in [2.75, 3.05) is 10.6 Å². The van der Waals surface area contributed by atoms with Crippen molar-refractivity contribution in [1.29, 1.82) is 0 Å². The number of rotatable bonds is 3. The molecule has 0 saturated carbocycles. The van der Waals surface area contributed by atoms with Crippen LogP contribution in [0.1, 0.15) is 5.56 Å². The van der Waals surface area contributed by atoms with Crippen molar-refractivity contribution in [1.82, 2.24) is 19.5 Å². The minimum atomic E-state index is -0.383. The minimum absolute atomic E-state index is 0.118. The molecule has 1 aliphatic rings. The Kier molecular flexibility index (Phi) is 4.02. The number of benzene rings is 2. The fraction of sp³-hybridized carbons (Fsp3) is 0.0476. The van der Waals surface area contributed by atoms with Gasteiger partial charge in [-0.25, -0.2) is 19.3 Å². The van der Waals surface area contributed by atoms with Crippen molar-refractivity contribution in [2.45, 2.75) is 6.42 Å². The summed E-state index contributed by atoms with van der Waals surface area (Å²) in [4.78, 5) is 25.2. The van der Waals surface area contributed by atoms with Crippen molar-refractivity contribution in [3.63, 3.8) is 0 Å². The number of hydrogen-bond acceptors (Lipinski definition) is 5. The van der Waals surface area contributed by atoms with E-state index < -0.39 is 0 Å². The molecule has 2 aromatic carbocycles. The quantitative estimate of drug-likeness (QED) is 0.561. The van der Waals surface area contributed by atoms with Gasteiger partial charge in [-0.05, 0) is 24.3 Å². The number of imidazole rings is 1. The number of carbonyl (C=O) groups excluding carboxylic acids is 1. The first-order valence-corrected chi connectivity index (χ1v) is 8.97. The van der Waals surface area contributed by atoms with Gasteiger partial charge in [-0.3, -0.25) is 4.79 Å². The number of hydrogen-bond donors (Lipinski definition) is 2. The van der Waals surface area contributed by atoms with Crippen LogP contribution in [0.5, 0.6) is 0 Å². The molecule has 29 heavy (non-hydrogen) atoms. The van der Waals surface area contributed by atoms with E-state index in [-0.39, 0.29) is 18.1 Å². The Bertz CT molecular complexity index is 1220. The third kappa shape index (κ3) is 3.20. The van der Waals surface area contributed by atoms with Crippen LogP contribution in [0.25, 0.3) is 16.9 Å². The van der Waals surface area contributed by atoms with Crippen LogP contribution >= 0.6 is 0 Å². The molecule has 0 unspecified atom stereocenters. The molecule has 4 aromatic rings. The predicted molar refractivity (Wildman–Crippen MR) is 107 cm³/mol. The molecule has 0 fully saturated rings. The molecule has 7 nitrogen and oxygen atoms in total. The highest BCUT2D eigenvalue weighted by atomic mass is 19.1. The fourth-order valence-corrected chi connectivity index (χ4v) is 3.35. The van der Waals surface area contributed by atoms with Gasteiger partial charge in [-0.2, -0.15) is 0 Å². The molecular weight excluding hydrogens is 371 g/mol. The Hall–Kier alpha value is -4.07. The molecule has 0 spiro atoms. The van der Waals surface area contributed by atoms with Gasteiger partial charge in [0.1, 0.15) is 5.82 Å². The van der Waals surface area contributed by atoms with E-state index in [4.69, 9.17) is 0 Å². The second-order valence-corrected chi connectivity index (χ2v) is 6.59. The summed E-state index contributed by atoms with van der Waals surface area (Å²) in [6, 6.07) is 11.9. The normalized spacial score (nSPS) is 12.5. The standard InChI is InChI=1S/C21H15FN6O/c22-14-5-6-18(28-8-7-23-12-28)17(10-14)26-21-24-11-13-9-19(29)25-16-4-2-1-3-15(16)20(13)27-21/h1-8,10-12H,9H2,(H,25,29)(H,24,26,27). The summed E-state index contributed by atoms with van der Waals surface area (Å²) in [7, 11) is 0. The van der Waals surface area contributed by atoms with E-state index in [1.807, 2.05) is 24.3 Å². The van der Waals surface area contributed by atoms with Crippen molar-refractivity contribution >= 4 is 23.2 Å². The third-order valence-electron chi connectivity index (χ3n) is 4.66. The second kappa shape index (κ2) is 6.83. The average molecular weight is 386 g/mol. The summed E-state index contributed by atoms with van der Waals surface area (Å²) in [6.07, 6.45) is 6.85. The number of amides is 1. The van der Waals surface area contributed by atoms with E-state index in [2.05, 4.69) is 25.6 Å². The molecule has 1 amide bonds. The maximum Gasteiger partial charge on any atom is 0.228 e. The summed E-state index contributed by atoms with van der Waals surface area (Å²) in [5.41, 5.74) is 4.11. The number of aromatic nitrogens is 4. The lowest BCUT2D eigenvalue weighted by Crippen LogP contribution is -2.12. The van der Waals surface area contributed by atoms with Crippen LogP contribution in [0.4, 0.5) is 21.7 Å². The van der Waals surface area contributed by atoms with Crippen molar-refractivity contribution < 1.29 is 9.18 Å². The lowest BCUT2D eigenvalue weighted by Gasteiger charge is -2.13. The molecule has 3 heterocycles. The monoisotopic (exact) mass is 386 g/mol. The van der Waals surface area contributed by atoms with Crippen molar-refractivity contribution in [3.8, 4) is 16.9 Å². The zero-order valence-electron chi connectivity index (χ0n) is 15.1. The molecule has 2 N–H and O–H groups in total. The molecule has 1 aliphatic heterocycles.